The minimum atomic E-state index is 0.0872. The molecule has 0 atom stereocenters. The number of hydrogen-bond acceptors (Lipinski definition) is 2. The molecule has 0 heterocycles. The van der Waals surface area contributed by atoms with Crippen molar-refractivity contribution in [2.75, 3.05) is 25.6 Å². The molecular weight excluding hydrogens is 214 g/mol. The molecule has 0 aliphatic heterocycles. The van der Waals surface area contributed by atoms with E-state index in [4.69, 9.17) is 16.3 Å². The molecule has 0 aliphatic carbocycles. The first kappa shape index (κ1) is 14.7. The van der Waals surface area contributed by atoms with Gasteiger partial charge in [-0.1, -0.05) is 13.3 Å². The van der Waals surface area contributed by atoms with E-state index in [2.05, 4.69) is 12.2 Å². The number of ether oxygens (including phenoxy) is 1. The van der Waals surface area contributed by atoms with Gasteiger partial charge in [-0.3, -0.25) is 4.79 Å². The Balaban J connectivity index is 3.06. The van der Waals surface area contributed by atoms with Crippen LogP contribution in [-0.4, -0.2) is 31.5 Å². The number of hydrogen-bond donors (Lipinski definition) is 1. The summed E-state index contributed by atoms with van der Waals surface area (Å²) in [6.07, 6.45) is 4.44. The van der Waals surface area contributed by atoms with Crippen LogP contribution in [0.15, 0.2) is 0 Å². The summed E-state index contributed by atoms with van der Waals surface area (Å²) in [5, 5.41) is 2.83. The van der Waals surface area contributed by atoms with Crippen molar-refractivity contribution in [3.8, 4) is 0 Å². The lowest BCUT2D eigenvalue weighted by molar-refractivity contribution is -0.121. The molecule has 0 aromatic carbocycles. The monoisotopic (exact) mass is 235 g/mol. The molecule has 90 valence electrons. The number of alkyl halides is 1. The standard InChI is InChI=1S/C11H22ClNO2/c1-2-3-9-15-10-5-8-13-11(14)6-4-7-12/h2-10H2,1H3,(H,13,14). The molecule has 0 aromatic rings. The van der Waals surface area contributed by atoms with Gasteiger partial charge in [0, 0.05) is 32.1 Å². The number of nitrogens with one attached hydrogen (secondary N) is 1. The molecule has 1 N–H and O–H groups in total. The van der Waals surface area contributed by atoms with Crippen LogP contribution in [0.1, 0.15) is 39.0 Å². The van der Waals surface area contributed by atoms with Gasteiger partial charge in [0.1, 0.15) is 0 Å². The van der Waals surface area contributed by atoms with Gasteiger partial charge >= 0.3 is 0 Å². The lowest BCUT2D eigenvalue weighted by atomic mass is 10.3. The van der Waals surface area contributed by atoms with Crippen molar-refractivity contribution in [2.24, 2.45) is 0 Å². The first-order valence-corrected chi connectivity index (χ1v) is 6.25. The summed E-state index contributed by atoms with van der Waals surface area (Å²) in [4.78, 5) is 11.1. The lowest BCUT2D eigenvalue weighted by Crippen LogP contribution is -2.25. The topological polar surface area (TPSA) is 38.3 Å². The normalized spacial score (nSPS) is 10.3. The predicted molar refractivity (Wildman–Crippen MR) is 63.3 cm³/mol. The summed E-state index contributed by atoms with van der Waals surface area (Å²) in [6, 6.07) is 0. The first-order valence-electron chi connectivity index (χ1n) is 5.71. The summed E-state index contributed by atoms with van der Waals surface area (Å²) in [6.45, 7) is 4.40. The van der Waals surface area contributed by atoms with Crippen molar-refractivity contribution >= 4 is 17.5 Å². The van der Waals surface area contributed by atoms with E-state index < -0.39 is 0 Å². The van der Waals surface area contributed by atoms with Crippen molar-refractivity contribution in [3.63, 3.8) is 0 Å². The van der Waals surface area contributed by atoms with Gasteiger partial charge in [-0.15, -0.1) is 11.6 Å². The van der Waals surface area contributed by atoms with Gasteiger partial charge in [-0.05, 0) is 19.3 Å². The smallest absolute Gasteiger partial charge is 0.220 e. The van der Waals surface area contributed by atoms with Crippen LogP contribution in [0.5, 0.6) is 0 Å². The maximum atomic E-state index is 11.1. The van der Waals surface area contributed by atoms with Gasteiger partial charge in [-0.25, -0.2) is 0 Å². The van der Waals surface area contributed by atoms with Crippen molar-refractivity contribution in [2.45, 2.75) is 39.0 Å². The zero-order valence-corrected chi connectivity index (χ0v) is 10.3. The summed E-state index contributed by atoms with van der Waals surface area (Å²) in [5.74, 6) is 0.636. The van der Waals surface area contributed by atoms with Crippen LogP contribution >= 0.6 is 11.6 Å². The summed E-state index contributed by atoms with van der Waals surface area (Å²) in [7, 11) is 0. The molecule has 0 unspecified atom stereocenters. The van der Waals surface area contributed by atoms with Crippen molar-refractivity contribution < 1.29 is 9.53 Å². The van der Waals surface area contributed by atoms with Crippen LogP contribution in [0, 0.1) is 0 Å². The third kappa shape index (κ3) is 11.6. The molecule has 3 nitrogen and oxygen atoms in total. The van der Waals surface area contributed by atoms with Crippen LogP contribution in [-0.2, 0) is 9.53 Å². The highest BCUT2D eigenvalue weighted by Gasteiger charge is 1.98. The Morgan fingerprint density at radius 1 is 1.27 bits per heavy atom. The highest BCUT2D eigenvalue weighted by molar-refractivity contribution is 6.17. The summed E-state index contributed by atoms with van der Waals surface area (Å²) in [5.41, 5.74) is 0. The molecule has 0 spiro atoms. The second-order valence-corrected chi connectivity index (χ2v) is 3.84. The Morgan fingerprint density at radius 2 is 2.00 bits per heavy atom. The molecule has 0 fully saturated rings. The van der Waals surface area contributed by atoms with E-state index in [0.717, 1.165) is 38.9 Å². The Morgan fingerprint density at radius 3 is 2.67 bits per heavy atom. The van der Waals surface area contributed by atoms with Gasteiger partial charge in [0.05, 0.1) is 0 Å². The maximum absolute atomic E-state index is 11.1. The van der Waals surface area contributed by atoms with Crippen LogP contribution in [0.3, 0.4) is 0 Å². The molecule has 0 rings (SSSR count). The van der Waals surface area contributed by atoms with Crippen LogP contribution in [0.25, 0.3) is 0 Å². The van der Waals surface area contributed by atoms with E-state index in [0.29, 0.717) is 18.8 Å². The number of amides is 1. The van der Waals surface area contributed by atoms with E-state index >= 15 is 0 Å². The fourth-order valence-corrected chi connectivity index (χ4v) is 1.20. The molecule has 0 bridgehead atoms. The number of carbonyl (C=O) groups excluding carboxylic acids is 1. The fourth-order valence-electron chi connectivity index (χ4n) is 1.07. The predicted octanol–water partition coefficient (Wildman–Crippen LogP) is 2.33. The molecule has 0 radical (unpaired) electrons. The zero-order chi connectivity index (χ0) is 11.4. The molecular formula is C11H22ClNO2. The molecule has 4 heteroatoms. The third-order valence-corrected chi connectivity index (χ3v) is 2.23. The minimum absolute atomic E-state index is 0.0872. The number of carbonyl (C=O) groups is 1. The Hall–Kier alpha value is -0.280. The molecule has 0 aromatic heterocycles. The average molecular weight is 236 g/mol. The van der Waals surface area contributed by atoms with Gasteiger partial charge in [0.25, 0.3) is 0 Å². The van der Waals surface area contributed by atoms with E-state index in [-0.39, 0.29) is 5.91 Å². The van der Waals surface area contributed by atoms with Crippen molar-refractivity contribution in [1.82, 2.24) is 5.32 Å². The number of halogens is 1. The Kier molecular flexibility index (Phi) is 11.6. The number of rotatable bonds is 10. The maximum Gasteiger partial charge on any atom is 0.220 e. The van der Waals surface area contributed by atoms with E-state index in [9.17, 15) is 4.79 Å². The molecule has 0 saturated carbocycles. The van der Waals surface area contributed by atoms with E-state index in [1.807, 2.05) is 0 Å². The zero-order valence-electron chi connectivity index (χ0n) is 9.56. The second-order valence-electron chi connectivity index (χ2n) is 3.46. The van der Waals surface area contributed by atoms with Gasteiger partial charge in [0.2, 0.25) is 5.91 Å². The highest BCUT2D eigenvalue weighted by Crippen LogP contribution is 1.92. The quantitative estimate of drug-likeness (QED) is 0.466. The molecule has 0 saturated heterocycles. The van der Waals surface area contributed by atoms with Crippen molar-refractivity contribution in [1.29, 1.82) is 0 Å². The molecule has 0 aliphatic rings. The first-order chi connectivity index (χ1) is 7.31. The second kappa shape index (κ2) is 11.8. The lowest BCUT2D eigenvalue weighted by Gasteiger charge is -2.05. The minimum Gasteiger partial charge on any atom is -0.381 e. The molecule has 15 heavy (non-hydrogen) atoms. The highest BCUT2D eigenvalue weighted by atomic mass is 35.5. The third-order valence-electron chi connectivity index (χ3n) is 1.97. The fraction of sp³-hybridized carbons (Fsp3) is 0.909. The largest absolute Gasteiger partial charge is 0.381 e. The summed E-state index contributed by atoms with van der Waals surface area (Å²) < 4.78 is 5.36. The average Bonchev–Trinajstić information content (AvgIpc) is 2.25. The van der Waals surface area contributed by atoms with E-state index in [1.54, 1.807) is 0 Å². The Labute approximate surface area is 97.5 Å². The van der Waals surface area contributed by atoms with Gasteiger partial charge in [0.15, 0.2) is 0 Å². The van der Waals surface area contributed by atoms with Crippen LogP contribution in [0.4, 0.5) is 0 Å². The van der Waals surface area contributed by atoms with Crippen LogP contribution < -0.4 is 5.32 Å². The van der Waals surface area contributed by atoms with Crippen molar-refractivity contribution in [3.05, 3.63) is 0 Å². The SMILES string of the molecule is CCCCOCCCNC(=O)CCCCl. The summed E-state index contributed by atoms with van der Waals surface area (Å²) >= 11 is 5.48. The van der Waals surface area contributed by atoms with Crippen LogP contribution in [0.2, 0.25) is 0 Å². The molecule has 1 amide bonds. The Bertz CT molecular complexity index is 154. The van der Waals surface area contributed by atoms with E-state index in [1.165, 1.54) is 0 Å². The van der Waals surface area contributed by atoms with Gasteiger partial charge < -0.3 is 10.1 Å². The van der Waals surface area contributed by atoms with Gasteiger partial charge in [-0.2, -0.15) is 0 Å². The number of unbranched alkanes of at least 4 members (excludes halogenated alkanes) is 1.